The van der Waals surface area contributed by atoms with Crippen LogP contribution in [0.4, 0.5) is 0 Å². The van der Waals surface area contributed by atoms with Crippen molar-refractivity contribution in [3.05, 3.63) is 119 Å². The number of aromatic nitrogens is 1. The molecule has 1 heterocycles. The van der Waals surface area contributed by atoms with Gasteiger partial charge >= 0.3 is 5.97 Å². The lowest BCUT2D eigenvalue weighted by Gasteiger charge is -2.17. The summed E-state index contributed by atoms with van der Waals surface area (Å²) in [5.41, 5.74) is 9.76. The van der Waals surface area contributed by atoms with Crippen LogP contribution in [0.15, 0.2) is 96.6 Å². The summed E-state index contributed by atoms with van der Waals surface area (Å²) in [7, 11) is 0. The number of hydrogen-bond donors (Lipinski definition) is 1. The maximum Gasteiger partial charge on any atom is 0.328 e. The number of carboxylic acid groups (broad SMARTS) is 1. The van der Waals surface area contributed by atoms with E-state index in [1.54, 1.807) is 17.4 Å². The van der Waals surface area contributed by atoms with E-state index in [2.05, 4.69) is 72.6 Å². The highest BCUT2D eigenvalue weighted by Crippen LogP contribution is 2.35. The Labute approximate surface area is 192 Å². The average Bonchev–Trinajstić information content (AvgIpc) is 3.37. The molecule has 0 spiro atoms. The number of carboxylic acids is 1. The van der Waals surface area contributed by atoms with Crippen molar-refractivity contribution in [2.75, 3.05) is 0 Å². The van der Waals surface area contributed by atoms with Gasteiger partial charge in [0.05, 0.1) is 10.4 Å². The highest BCUT2D eigenvalue weighted by molar-refractivity contribution is 7.13. The average molecular weight is 438 g/mol. The second kappa shape index (κ2) is 10.0. The fourth-order valence-corrected chi connectivity index (χ4v) is 4.40. The molecule has 0 aliphatic rings. The molecule has 0 fully saturated rings. The topological polar surface area (TPSA) is 50.2 Å². The van der Waals surface area contributed by atoms with E-state index in [9.17, 15) is 4.79 Å². The van der Waals surface area contributed by atoms with Gasteiger partial charge in [0.2, 0.25) is 0 Å². The predicted molar refractivity (Wildman–Crippen MR) is 133 cm³/mol. The van der Waals surface area contributed by atoms with Crippen molar-refractivity contribution >= 4 is 34.5 Å². The fraction of sp³-hybridized carbons (Fsp3) is 0.0714. The zero-order valence-electron chi connectivity index (χ0n) is 17.7. The minimum atomic E-state index is -0.951. The van der Waals surface area contributed by atoms with Crippen molar-refractivity contribution < 1.29 is 9.90 Å². The highest BCUT2D eigenvalue weighted by Gasteiger charge is 2.13. The Hall–Kier alpha value is -3.76. The molecule has 0 saturated heterocycles. The van der Waals surface area contributed by atoms with E-state index in [0.717, 1.165) is 39.6 Å². The Morgan fingerprint density at radius 3 is 2.12 bits per heavy atom. The third kappa shape index (κ3) is 4.93. The molecule has 0 unspecified atom stereocenters. The molecule has 0 radical (unpaired) electrons. The van der Waals surface area contributed by atoms with Crippen molar-refractivity contribution in [3.63, 3.8) is 0 Å². The molecule has 0 bridgehead atoms. The third-order valence-corrected chi connectivity index (χ3v) is 6.11. The van der Waals surface area contributed by atoms with Crippen LogP contribution >= 0.6 is 11.3 Å². The van der Waals surface area contributed by atoms with Gasteiger partial charge in [-0.3, -0.25) is 4.98 Å². The van der Waals surface area contributed by atoms with E-state index >= 15 is 0 Å². The molecule has 0 amide bonds. The quantitative estimate of drug-likeness (QED) is 0.244. The Bertz CT molecular complexity index is 1240. The molecule has 158 valence electrons. The first-order chi connectivity index (χ1) is 15.7. The maximum atomic E-state index is 10.8. The maximum absolute atomic E-state index is 10.8. The lowest BCUT2D eigenvalue weighted by atomic mass is 9.87. The fourth-order valence-electron chi connectivity index (χ4n) is 3.77. The minimum absolute atomic E-state index is 0.855. The first kappa shape index (κ1) is 21.5. The van der Waals surface area contributed by atoms with Crippen molar-refractivity contribution in [2.45, 2.75) is 13.3 Å². The van der Waals surface area contributed by atoms with Gasteiger partial charge in [0, 0.05) is 12.3 Å². The van der Waals surface area contributed by atoms with Gasteiger partial charge in [-0.1, -0.05) is 85.8 Å². The summed E-state index contributed by atoms with van der Waals surface area (Å²) in [6.07, 6.45) is 5.54. The lowest BCUT2D eigenvalue weighted by molar-refractivity contribution is -0.131. The van der Waals surface area contributed by atoms with Gasteiger partial charge in [-0.05, 0) is 51.5 Å². The number of carbonyl (C=O) groups is 1. The number of nitrogens with zero attached hydrogens (tertiary/aromatic N) is 1. The molecule has 0 saturated carbocycles. The summed E-state index contributed by atoms with van der Waals surface area (Å²) >= 11 is 1.63. The summed E-state index contributed by atoms with van der Waals surface area (Å²) in [6.45, 7) is 2.18. The molecule has 4 rings (SSSR count). The van der Waals surface area contributed by atoms with Gasteiger partial charge in [0.25, 0.3) is 0 Å². The Morgan fingerprint density at radius 1 is 0.906 bits per heavy atom. The molecule has 0 aliphatic heterocycles. The zero-order valence-corrected chi connectivity index (χ0v) is 18.5. The van der Waals surface area contributed by atoms with Gasteiger partial charge in [0.15, 0.2) is 0 Å². The van der Waals surface area contributed by atoms with E-state index in [0.29, 0.717) is 0 Å². The van der Waals surface area contributed by atoms with E-state index < -0.39 is 5.97 Å². The zero-order chi connectivity index (χ0) is 22.3. The molecule has 0 aliphatic carbocycles. The number of hydrogen-bond acceptors (Lipinski definition) is 3. The van der Waals surface area contributed by atoms with Gasteiger partial charge < -0.3 is 5.11 Å². The second-order valence-electron chi connectivity index (χ2n) is 7.31. The first-order valence-corrected chi connectivity index (χ1v) is 11.3. The van der Waals surface area contributed by atoms with Gasteiger partial charge in [-0.25, -0.2) is 4.79 Å². The molecule has 0 atom stereocenters. The van der Waals surface area contributed by atoms with Crippen LogP contribution in [0.3, 0.4) is 0 Å². The lowest BCUT2D eigenvalue weighted by Crippen LogP contribution is -1.95. The Kier molecular flexibility index (Phi) is 6.73. The number of allylic oxidation sites excluding steroid dienone is 1. The summed E-state index contributed by atoms with van der Waals surface area (Å²) in [6, 6.07) is 27.1. The Balaban J connectivity index is 1.82. The smallest absolute Gasteiger partial charge is 0.328 e. The van der Waals surface area contributed by atoms with E-state index in [1.165, 1.54) is 16.7 Å². The molecule has 4 heteroatoms. The van der Waals surface area contributed by atoms with Gasteiger partial charge in [0.1, 0.15) is 0 Å². The molecule has 1 N–H and O–H groups in total. The highest BCUT2D eigenvalue weighted by atomic mass is 32.1. The van der Waals surface area contributed by atoms with Crippen molar-refractivity contribution in [1.29, 1.82) is 0 Å². The first-order valence-electron chi connectivity index (χ1n) is 10.4. The SMILES string of the molecule is CCC(=C(c1ccc(C=CC(=O)O)cc1)c1ccc(-c2cncs2)cc1)c1ccccc1. The second-order valence-corrected chi connectivity index (χ2v) is 8.20. The molecule has 3 nitrogen and oxygen atoms in total. The molecule has 3 aromatic carbocycles. The summed E-state index contributed by atoms with van der Waals surface area (Å²) in [5, 5.41) is 8.89. The minimum Gasteiger partial charge on any atom is -0.478 e. The number of aliphatic carboxylic acids is 1. The molecular formula is C28H23NO2S. The third-order valence-electron chi connectivity index (χ3n) is 5.29. The van der Waals surface area contributed by atoms with Crippen LogP contribution in [0.1, 0.15) is 35.6 Å². The normalized spacial score (nSPS) is 12.0. The van der Waals surface area contributed by atoms with Gasteiger partial charge in [-0.15, -0.1) is 11.3 Å². The largest absolute Gasteiger partial charge is 0.478 e. The van der Waals surface area contributed by atoms with E-state index in [1.807, 2.05) is 29.9 Å². The number of rotatable bonds is 7. The molecule has 1 aromatic heterocycles. The van der Waals surface area contributed by atoms with Crippen LogP contribution in [-0.4, -0.2) is 16.1 Å². The van der Waals surface area contributed by atoms with Crippen molar-refractivity contribution in [2.24, 2.45) is 0 Å². The number of thiazole rings is 1. The van der Waals surface area contributed by atoms with E-state index in [-0.39, 0.29) is 0 Å². The molecule has 32 heavy (non-hydrogen) atoms. The van der Waals surface area contributed by atoms with Crippen molar-refractivity contribution in [1.82, 2.24) is 4.98 Å². The standard InChI is InChI=1S/C28H23NO2S/c1-2-25(21-6-4-3-5-7-21)28(23-11-8-20(9-12-23)10-17-27(30)31)24-15-13-22(14-16-24)26-18-29-19-32-26/h3-19H,2H2,1H3,(H,30,31). The summed E-state index contributed by atoms with van der Waals surface area (Å²) in [5.74, 6) is -0.951. The predicted octanol–water partition coefficient (Wildman–Crippen LogP) is 7.28. The molecular weight excluding hydrogens is 414 g/mol. The van der Waals surface area contributed by atoms with Crippen LogP contribution in [0, 0.1) is 0 Å². The Morgan fingerprint density at radius 2 is 1.56 bits per heavy atom. The molecule has 4 aromatic rings. The summed E-state index contributed by atoms with van der Waals surface area (Å²) in [4.78, 5) is 16.2. The van der Waals surface area contributed by atoms with Crippen LogP contribution in [0.5, 0.6) is 0 Å². The van der Waals surface area contributed by atoms with Crippen LogP contribution in [0.25, 0.3) is 27.7 Å². The monoisotopic (exact) mass is 437 g/mol. The van der Waals surface area contributed by atoms with Crippen LogP contribution in [0.2, 0.25) is 0 Å². The van der Waals surface area contributed by atoms with Crippen molar-refractivity contribution in [3.8, 4) is 10.4 Å². The van der Waals surface area contributed by atoms with Gasteiger partial charge in [-0.2, -0.15) is 0 Å². The van der Waals surface area contributed by atoms with E-state index in [4.69, 9.17) is 5.11 Å². The summed E-state index contributed by atoms with van der Waals surface area (Å²) < 4.78 is 0. The number of benzene rings is 3. The van der Waals surface area contributed by atoms with Crippen LogP contribution < -0.4 is 0 Å². The van der Waals surface area contributed by atoms with Crippen LogP contribution in [-0.2, 0) is 4.79 Å².